The minimum atomic E-state index is -1.66. The maximum absolute atomic E-state index is 12.7. The molecule has 0 aromatic heterocycles. The van der Waals surface area contributed by atoms with E-state index in [0.29, 0.717) is 5.02 Å². The van der Waals surface area contributed by atoms with Crippen molar-refractivity contribution >= 4 is 29.4 Å². The Balaban J connectivity index is 2.31. The number of amides is 2. The summed E-state index contributed by atoms with van der Waals surface area (Å²) >= 11 is 5.94. The molecule has 5 atom stereocenters. The van der Waals surface area contributed by atoms with Crippen LogP contribution in [-0.2, 0) is 20.9 Å². The normalized spacial score (nSPS) is 22.4. The van der Waals surface area contributed by atoms with Crippen LogP contribution in [0.15, 0.2) is 41.1 Å². The number of rotatable bonds is 8. The van der Waals surface area contributed by atoms with Crippen LogP contribution in [0.5, 0.6) is 0 Å². The van der Waals surface area contributed by atoms with Crippen molar-refractivity contribution in [1.29, 1.82) is 0 Å². The van der Waals surface area contributed by atoms with Gasteiger partial charge in [0.2, 0.25) is 5.91 Å². The van der Waals surface area contributed by atoms with Crippen molar-refractivity contribution in [2.75, 3.05) is 6.61 Å². The van der Waals surface area contributed by atoms with E-state index in [2.05, 4.69) is 15.6 Å². The highest BCUT2D eigenvalue weighted by atomic mass is 35.5. The molecule has 0 spiro atoms. The average Bonchev–Trinajstić information content (AvgIpc) is 2.71. The molecule has 2 rings (SSSR count). The van der Waals surface area contributed by atoms with Crippen molar-refractivity contribution in [2.45, 2.75) is 43.9 Å². The standard InChI is InChI=1S/C19H26ClN5O6/c1-9(27)24-15-12(25-19(21)22)6-14(31-17(15)16(29)13(28)8-26)18(30)23-7-10-3-2-4-11(20)5-10/h2-6,12-13,15-17,26,28-29H,7-8H2,1H3,(H,23,30)(H,24,27)(H4,21,22,25)/t12-,13+,15+,16+,17+/m0/s1. The number of aliphatic hydroxyl groups is 3. The van der Waals surface area contributed by atoms with Crippen molar-refractivity contribution in [1.82, 2.24) is 10.6 Å². The van der Waals surface area contributed by atoms with E-state index in [0.717, 1.165) is 5.56 Å². The quantitative estimate of drug-likeness (QED) is 0.174. The zero-order chi connectivity index (χ0) is 23.1. The lowest BCUT2D eigenvalue weighted by Crippen LogP contribution is -2.60. The third kappa shape index (κ3) is 6.82. The van der Waals surface area contributed by atoms with Crippen LogP contribution in [0.25, 0.3) is 0 Å². The lowest BCUT2D eigenvalue weighted by atomic mass is 9.92. The van der Waals surface area contributed by atoms with E-state index >= 15 is 0 Å². The smallest absolute Gasteiger partial charge is 0.286 e. The molecule has 170 valence electrons. The molecule has 0 unspecified atom stereocenters. The molecule has 11 nitrogen and oxygen atoms in total. The Bertz CT molecular complexity index is 860. The van der Waals surface area contributed by atoms with E-state index < -0.39 is 48.8 Å². The number of aliphatic imine (C=N–C) groups is 1. The molecule has 0 fully saturated rings. The van der Waals surface area contributed by atoms with Crippen molar-refractivity contribution in [3.8, 4) is 0 Å². The van der Waals surface area contributed by atoms with E-state index in [1.54, 1.807) is 24.3 Å². The average molecular weight is 456 g/mol. The lowest BCUT2D eigenvalue weighted by Gasteiger charge is -2.39. The zero-order valence-corrected chi connectivity index (χ0v) is 17.5. The number of guanidine groups is 1. The molecular weight excluding hydrogens is 430 g/mol. The second-order valence-electron chi connectivity index (χ2n) is 6.94. The number of nitrogens with two attached hydrogens (primary N) is 2. The summed E-state index contributed by atoms with van der Waals surface area (Å²) in [5.41, 5.74) is 11.7. The Morgan fingerprint density at radius 2 is 2.03 bits per heavy atom. The number of benzene rings is 1. The van der Waals surface area contributed by atoms with Gasteiger partial charge in [-0.05, 0) is 23.8 Å². The molecule has 9 N–H and O–H groups in total. The third-order valence-electron chi connectivity index (χ3n) is 4.46. The van der Waals surface area contributed by atoms with Crippen molar-refractivity contribution in [2.24, 2.45) is 16.5 Å². The van der Waals surface area contributed by atoms with Gasteiger partial charge >= 0.3 is 0 Å². The molecule has 1 heterocycles. The summed E-state index contributed by atoms with van der Waals surface area (Å²) in [5, 5.41) is 35.2. The molecule has 31 heavy (non-hydrogen) atoms. The molecule has 0 radical (unpaired) electrons. The lowest BCUT2D eigenvalue weighted by molar-refractivity contribution is -0.134. The fourth-order valence-electron chi connectivity index (χ4n) is 3.06. The first-order valence-electron chi connectivity index (χ1n) is 9.36. The Hall–Kier alpha value is -2.86. The van der Waals surface area contributed by atoms with Crippen LogP contribution in [-0.4, -0.2) is 70.1 Å². The zero-order valence-electron chi connectivity index (χ0n) is 16.7. The highest BCUT2D eigenvalue weighted by Gasteiger charge is 2.43. The van der Waals surface area contributed by atoms with Crippen LogP contribution in [0, 0.1) is 0 Å². The van der Waals surface area contributed by atoms with E-state index in [1.165, 1.54) is 13.0 Å². The van der Waals surface area contributed by atoms with Crippen LogP contribution in [0.1, 0.15) is 12.5 Å². The second-order valence-corrected chi connectivity index (χ2v) is 7.37. The number of carbonyl (C=O) groups excluding carboxylic acids is 2. The van der Waals surface area contributed by atoms with Gasteiger partial charge in [0.15, 0.2) is 11.7 Å². The van der Waals surface area contributed by atoms with E-state index in [4.69, 9.17) is 27.8 Å². The van der Waals surface area contributed by atoms with Crippen LogP contribution in [0.3, 0.4) is 0 Å². The summed E-state index contributed by atoms with van der Waals surface area (Å²) < 4.78 is 5.61. The number of halogens is 1. The Kier molecular flexibility index (Phi) is 8.63. The minimum absolute atomic E-state index is 0.134. The van der Waals surface area contributed by atoms with Gasteiger partial charge in [-0.15, -0.1) is 0 Å². The number of ether oxygens (including phenoxy) is 1. The summed E-state index contributed by atoms with van der Waals surface area (Å²) in [5.74, 6) is -1.68. The monoisotopic (exact) mass is 455 g/mol. The van der Waals surface area contributed by atoms with Crippen molar-refractivity contribution in [3.63, 3.8) is 0 Å². The fraction of sp³-hybridized carbons (Fsp3) is 0.421. The fourth-order valence-corrected chi connectivity index (χ4v) is 3.27. The molecule has 2 amide bonds. The molecule has 1 aliphatic rings. The Morgan fingerprint density at radius 3 is 2.61 bits per heavy atom. The first-order chi connectivity index (χ1) is 14.6. The summed E-state index contributed by atoms with van der Waals surface area (Å²) in [4.78, 5) is 28.4. The number of nitrogens with zero attached hydrogens (tertiary/aromatic N) is 1. The molecule has 1 aromatic rings. The van der Waals surface area contributed by atoms with Crippen LogP contribution in [0.2, 0.25) is 5.02 Å². The van der Waals surface area contributed by atoms with Gasteiger partial charge in [-0.25, -0.2) is 4.99 Å². The van der Waals surface area contributed by atoms with E-state index in [-0.39, 0.29) is 18.3 Å². The third-order valence-corrected chi connectivity index (χ3v) is 4.69. The Labute approximate surface area is 183 Å². The molecule has 0 saturated carbocycles. The number of carbonyl (C=O) groups is 2. The predicted molar refractivity (Wildman–Crippen MR) is 113 cm³/mol. The number of hydrogen-bond donors (Lipinski definition) is 7. The maximum atomic E-state index is 12.7. The summed E-state index contributed by atoms with van der Waals surface area (Å²) in [7, 11) is 0. The topological polar surface area (TPSA) is 193 Å². The molecule has 1 aliphatic heterocycles. The number of hydrogen-bond acceptors (Lipinski definition) is 7. The van der Waals surface area contributed by atoms with Gasteiger partial charge in [0.1, 0.15) is 18.3 Å². The minimum Gasteiger partial charge on any atom is -0.480 e. The van der Waals surface area contributed by atoms with Gasteiger partial charge < -0.3 is 42.2 Å². The maximum Gasteiger partial charge on any atom is 0.286 e. The van der Waals surface area contributed by atoms with Crippen LogP contribution < -0.4 is 22.1 Å². The first-order valence-corrected chi connectivity index (χ1v) is 9.74. The van der Waals surface area contributed by atoms with Gasteiger partial charge in [0.25, 0.3) is 5.91 Å². The van der Waals surface area contributed by atoms with Gasteiger partial charge in [0, 0.05) is 18.5 Å². The summed E-state index contributed by atoms with van der Waals surface area (Å²) in [6.45, 7) is 0.588. The predicted octanol–water partition coefficient (Wildman–Crippen LogP) is -1.90. The molecule has 12 heteroatoms. The van der Waals surface area contributed by atoms with Gasteiger partial charge in [-0.2, -0.15) is 0 Å². The van der Waals surface area contributed by atoms with Crippen LogP contribution in [0.4, 0.5) is 0 Å². The number of nitrogens with one attached hydrogen (secondary N) is 2. The van der Waals surface area contributed by atoms with E-state index in [9.17, 15) is 24.9 Å². The SMILES string of the molecule is CC(=O)N[C@H]1[C@H]([C@H](O)[C@H](O)CO)OC(C(=O)NCc2cccc(Cl)c2)=C[C@@H]1N=C(N)N. The highest BCUT2D eigenvalue weighted by molar-refractivity contribution is 6.30. The van der Waals surface area contributed by atoms with Gasteiger partial charge in [0.05, 0.1) is 18.7 Å². The van der Waals surface area contributed by atoms with Crippen molar-refractivity contribution < 1.29 is 29.6 Å². The highest BCUT2D eigenvalue weighted by Crippen LogP contribution is 2.25. The summed E-state index contributed by atoms with van der Waals surface area (Å²) in [6.07, 6.45) is -3.31. The van der Waals surface area contributed by atoms with Gasteiger partial charge in [-0.3, -0.25) is 9.59 Å². The molecule has 1 aromatic carbocycles. The molecule has 0 bridgehead atoms. The Morgan fingerprint density at radius 1 is 1.32 bits per heavy atom. The van der Waals surface area contributed by atoms with Crippen molar-refractivity contribution in [3.05, 3.63) is 46.7 Å². The van der Waals surface area contributed by atoms with Gasteiger partial charge in [-0.1, -0.05) is 23.7 Å². The second kappa shape index (κ2) is 11.0. The summed E-state index contributed by atoms with van der Waals surface area (Å²) in [6, 6.07) is 4.86. The molecule has 0 saturated heterocycles. The first kappa shape index (κ1) is 24.4. The van der Waals surface area contributed by atoms with Crippen LogP contribution >= 0.6 is 11.6 Å². The number of aliphatic hydroxyl groups excluding tert-OH is 3. The molecular formula is C19H26ClN5O6. The van der Waals surface area contributed by atoms with E-state index in [1.807, 2.05) is 0 Å². The largest absolute Gasteiger partial charge is 0.480 e. The molecule has 0 aliphatic carbocycles.